The standard InChI is InChI=1S/C9H9F3N4S/c1-5-2-7(14)16-8(15-5)17-4-6(3-13)9(10,11)12/h2,6H,4H2,1H3,(H2,14,15,16). The lowest BCUT2D eigenvalue weighted by Gasteiger charge is -2.11. The molecule has 1 heterocycles. The van der Waals surface area contributed by atoms with Crippen molar-refractivity contribution in [3.8, 4) is 6.07 Å². The van der Waals surface area contributed by atoms with Crippen LogP contribution in [0.2, 0.25) is 0 Å². The summed E-state index contributed by atoms with van der Waals surface area (Å²) in [6.07, 6.45) is -4.53. The summed E-state index contributed by atoms with van der Waals surface area (Å²) in [5.74, 6) is -2.28. The van der Waals surface area contributed by atoms with Crippen molar-refractivity contribution >= 4 is 17.6 Å². The second-order valence-corrected chi connectivity index (χ2v) is 4.24. The normalized spacial score (nSPS) is 13.1. The van der Waals surface area contributed by atoms with Gasteiger partial charge in [-0.05, 0) is 6.92 Å². The van der Waals surface area contributed by atoms with Crippen LogP contribution in [0, 0.1) is 24.2 Å². The second-order valence-electron chi connectivity index (χ2n) is 3.25. The first kappa shape index (κ1) is 13.6. The van der Waals surface area contributed by atoms with Crippen LogP contribution >= 0.6 is 11.8 Å². The number of nitrogen functional groups attached to an aromatic ring is 1. The summed E-state index contributed by atoms with van der Waals surface area (Å²) in [6, 6.07) is 2.72. The molecule has 17 heavy (non-hydrogen) atoms. The van der Waals surface area contributed by atoms with Gasteiger partial charge in [0.1, 0.15) is 5.82 Å². The number of thioether (sulfide) groups is 1. The van der Waals surface area contributed by atoms with Gasteiger partial charge in [0.05, 0.1) is 6.07 Å². The highest BCUT2D eigenvalue weighted by Crippen LogP contribution is 2.30. The van der Waals surface area contributed by atoms with Gasteiger partial charge in [-0.2, -0.15) is 18.4 Å². The highest BCUT2D eigenvalue weighted by molar-refractivity contribution is 7.99. The third-order valence-corrected chi connectivity index (χ3v) is 2.72. The fourth-order valence-electron chi connectivity index (χ4n) is 0.992. The van der Waals surface area contributed by atoms with E-state index in [-0.39, 0.29) is 11.0 Å². The van der Waals surface area contributed by atoms with Crippen LogP contribution in [0.1, 0.15) is 5.69 Å². The average molecular weight is 262 g/mol. The van der Waals surface area contributed by atoms with Gasteiger partial charge in [0.25, 0.3) is 0 Å². The predicted octanol–water partition coefficient (Wildman–Crippen LogP) is 2.16. The molecule has 0 aliphatic heterocycles. The van der Waals surface area contributed by atoms with E-state index in [1.165, 1.54) is 12.1 Å². The molecule has 1 aromatic heterocycles. The van der Waals surface area contributed by atoms with Gasteiger partial charge in [0.15, 0.2) is 11.1 Å². The molecule has 1 unspecified atom stereocenters. The van der Waals surface area contributed by atoms with E-state index in [0.717, 1.165) is 11.8 Å². The van der Waals surface area contributed by atoms with Crippen LogP contribution < -0.4 is 5.73 Å². The third kappa shape index (κ3) is 4.11. The number of nitrogens with zero attached hydrogens (tertiary/aromatic N) is 3. The number of aromatic nitrogens is 2. The summed E-state index contributed by atoms with van der Waals surface area (Å²) in [5.41, 5.74) is 6.00. The van der Waals surface area contributed by atoms with E-state index in [1.54, 1.807) is 6.92 Å². The van der Waals surface area contributed by atoms with Gasteiger partial charge in [-0.3, -0.25) is 0 Å². The molecular formula is C9H9F3N4S. The highest BCUT2D eigenvalue weighted by atomic mass is 32.2. The Balaban J connectivity index is 2.70. The van der Waals surface area contributed by atoms with Gasteiger partial charge < -0.3 is 5.73 Å². The highest BCUT2D eigenvalue weighted by Gasteiger charge is 2.39. The Bertz CT molecular complexity index is 421. The molecule has 1 aromatic rings. The summed E-state index contributed by atoms with van der Waals surface area (Å²) in [6.45, 7) is 1.66. The van der Waals surface area contributed by atoms with Crippen molar-refractivity contribution < 1.29 is 13.2 Å². The zero-order chi connectivity index (χ0) is 13.1. The number of halogens is 3. The Kier molecular flexibility index (Phi) is 4.17. The van der Waals surface area contributed by atoms with E-state index in [0.29, 0.717) is 5.69 Å². The molecule has 1 rings (SSSR count). The zero-order valence-electron chi connectivity index (χ0n) is 8.82. The van der Waals surface area contributed by atoms with Crippen LogP contribution in [0.15, 0.2) is 11.2 Å². The van der Waals surface area contributed by atoms with Crippen LogP contribution in [0.25, 0.3) is 0 Å². The second kappa shape index (κ2) is 5.23. The molecule has 0 radical (unpaired) electrons. The smallest absolute Gasteiger partial charge is 0.384 e. The molecule has 0 saturated carbocycles. The van der Waals surface area contributed by atoms with Crippen molar-refractivity contribution in [3.63, 3.8) is 0 Å². The number of hydrogen-bond donors (Lipinski definition) is 1. The fourth-order valence-corrected chi connectivity index (χ4v) is 1.95. The number of aryl methyl sites for hydroxylation is 1. The summed E-state index contributed by atoms with van der Waals surface area (Å²) in [5, 5.41) is 8.55. The van der Waals surface area contributed by atoms with Gasteiger partial charge in [-0.1, -0.05) is 11.8 Å². The molecule has 8 heteroatoms. The molecule has 0 saturated heterocycles. The average Bonchev–Trinajstić information content (AvgIpc) is 2.14. The van der Waals surface area contributed by atoms with Gasteiger partial charge >= 0.3 is 6.18 Å². The fraction of sp³-hybridized carbons (Fsp3) is 0.444. The quantitative estimate of drug-likeness (QED) is 0.667. The maximum atomic E-state index is 12.3. The Labute approximate surface area is 100 Å². The number of nitrogens with two attached hydrogens (primary N) is 1. The Hall–Kier alpha value is -1.49. The number of nitriles is 1. The molecule has 92 valence electrons. The molecule has 0 aromatic carbocycles. The van der Waals surface area contributed by atoms with Gasteiger partial charge in [0.2, 0.25) is 0 Å². The van der Waals surface area contributed by atoms with Crippen molar-refractivity contribution in [3.05, 3.63) is 11.8 Å². The molecule has 0 bridgehead atoms. The Morgan fingerprint density at radius 1 is 1.53 bits per heavy atom. The molecule has 4 nitrogen and oxygen atoms in total. The first-order chi connectivity index (χ1) is 7.82. The predicted molar refractivity (Wildman–Crippen MR) is 57.1 cm³/mol. The third-order valence-electron chi connectivity index (χ3n) is 1.78. The van der Waals surface area contributed by atoms with Crippen LogP contribution in [0.4, 0.5) is 19.0 Å². The summed E-state index contributed by atoms with van der Waals surface area (Å²) >= 11 is 0.764. The number of rotatable bonds is 3. The van der Waals surface area contributed by atoms with Crippen molar-refractivity contribution in [1.29, 1.82) is 5.26 Å². The largest absolute Gasteiger partial charge is 0.405 e. The Morgan fingerprint density at radius 2 is 2.18 bits per heavy atom. The van der Waals surface area contributed by atoms with E-state index in [2.05, 4.69) is 9.97 Å². The lowest BCUT2D eigenvalue weighted by Crippen LogP contribution is -2.23. The molecule has 2 N–H and O–H groups in total. The molecule has 0 aliphatic carbocycles. The van der Waals surface area contributed by atoms with Crippen LogP contribution in [-0.4, -0.2) is 21.9 Å². The summed E-state index contributed by atoms with van der Waals surface area (Å²) < 4.78 is 36.8. The van der Waals surface area contributed by atoms with Crippen molar-refractivity contribution in [1.82, 2.24) is 9.97 Å². The van der Waals surface area contributed by atoms with Gasteiger partial charge in [-0.15, -0.1) is 0 Å². The minimum atomic E-state index is -4.53. The van der Waals surface area contributed by atoms with E-state index >= 15 is 0 Å². The van der Waals surface area contributed by atoms with Gasteiger partial charge in [-0.25, -0.2) is 9.97 Å². The zero-order valence-corrected chi connectivity index (χ0v) is 9.64. The maximum Gasteiger partial charge on any atom is 0.405 e. The minimum Gasteiger partial charge on any atom is -0.384 e. The van der Waals surface area contributed by atoms with E-state index in [1.807, 2.05) is 0 Å². The molecular weight excluding hydrogens is 253 g/mol. The number of anilines is 1. The van der Waals surface area contributed by atoms with Crippen LogP contribution in [0.3, 0.4) is 0 Å². The first-order valence-electron chi connectivity index (χ1n) is 4.53. The number of alkyl halides is 3. The van der Waals surface area contributed by atoms with Crippen LogP contribution in [0.5, 0.6) is 0 Å². The Morgan fingerprint density at radius 3 is 2.65 bits per heavy atom. The molecule has 1 atom stereocenters. The van der Waals surface area contributed by atoms with Crippen LogP contribution in [-0.2, 0) is 0 Å². The van der Waals surface area contributed by atoms with Crippen molar-refractivity contribution in [2.75, 3.05) is 11.5 Å². The van der Waals surface area contributed by atoms with E-state index in [9.17, 15) is 13.2 Å². The van der Waals surface area contributed by atoms with Crippen molar-refractivity contribution in [2.45, 2.75) is 18.3 Å². The first-order valence-corrected chi connectivity index (χ1v) is 5.52. The van der Waals surface area contributed by atoms with E-state index in [4.69, 9.17) is 11.0 Å². The monoisotopic (exact) mass is 262 g/mol. The van der Waals surface area contributed by atoms with Crippen molar-refractivity contribution in [2.24, 2.45) is 5.92 Å². The topological polar surface area (TPSA) is 75.6 Å². The number of hydrogen-bond acceptors (Lipinski definition) is 5. The molecule has 0 amide bonds. The lowest BCUT2D eigenvalue weighted by atomic mass is 10.2. The molecule has 0 aliphatic rings. The van der Waals surface area contributed by atoms with Gasteiger partial charge in [0, 0.05) is 17.5 Å². The molecule has 0 fully saturated rings. The molecule has 0 spiro atoms. The summed E-state index contributed by atoms with van der Waals surface area (Å²) in [4.78, 5) is 7.69. The maximum absolute atomic E-state index is 12.3. The van der Waals surface area contributed by atoms with E-state index < -0.39 is 17.8 Å². The minimum absolute atomic E-state index is 0.145. The SMILES string of the molecule is Cc1cc(N)nc(SCC(C#N)C(F)(F)F)n1. The summed E-state index contributed by atoms with van der Waals surface area (Å²) in [7, 11) is 0. The lowest BCUT2D eigenvalue weighted by molar-refractivity contribution is -0.152.